The molecule has 0 unspecified atom stereocenters. The highest BCUT2D eigenvalue weighted by molar-refractivity contribution is 7.99. The summed E-state index contributed by atoms with van der Waals surface area (Å²) in [5, 5.41) is 12.9. The van der Waals surface area contributed by atoms with E-state index in [4.69, 9.17) is 4.74 Å². The number of para-hydroxylation sites is 2. The Kier molecular flexibility index (Phi) is 6.22. The number of nitrogens with zero attached hydrogens (tertiary/aromatic N) is 4. The predicted molar refractivity (Wildman–Crippen MR) is 106 cm³/mol. The van der Waals surface area contributed by atoms with E-state index >= 15 is 0 Å². The molecule has 0 saturated carbocycles. The van der Waals surface area contributed by atoms with Crippen molar-refractivity contribution in [1.29, 1.82) is 0 Å². The lowest BCUT2D eigenvalue weighted by Gasteiger charge is -2.07. The molecule has 0 saturated heterocycles. The van der Waals surface area contributed by atoms with Crippen LogP contribution in [0.1, 0.15) is 11.4 Å². The highest BCUT2D eigenvalue weighted by Crippen LogP contribution is 2.21. The van der Waals surface area contributed by atoms with Crippen molar-refractivity contribution in [3.8, 4) is 11.4 Å². The Morgan fingerprint density at radius 3 is 2.70 bits per heavy atom. The van der Waals surface area contributed by atoms with E-state index in [0.29, 0.717) is 10.9 Å². The van der Waals surface area contributed by atoms with Gasteiger partial charge in [-0.25, -0.2) is 5.43 Å². The Hall–Kier alpha value is -3.13. The summed E-state index contributed by atoms with van der Waals surface area (Å²) in [6, 6.07) is 17.2. The Balaban J connectivity index is 1.60. The third-order valence-corrected chi connectivity index (χ3v) is 4.60. The molecule has 1 amide bonds. The molecule has 3 aromatic rings. The Bertz CT molecular complexity index is 940. The molecule has 1 aromatic heterocycles. The minimum atomic E-state index is -0.230. The highest BCUT2D eigenvalue weighted by Gasteiger charge is 2.12. The summed E-state index contributed by atoms with van der Waals surface area (Å²) in [5.74, 6) is 1.40. The highest BCUT2D eigenvalue weighted by atomic mass is 32.2. The molecule has 138 valence electrons. The summed E-state index contributed by atoms with van der Waals surface area (Å²) in [6.45, 7) is 1.88. The second-order valence-corrected chi connectivity index (χ2v) is 6.47. The fourth-order valence-electron chi connectivity index (χ4n) is 2.42. The summed E-state index contributed by atoms with van der Waals surface area (Å²) in [7, 11) is 1.59. The number of rotatable bonds is 7. The molecular weight excluding hydrogens is 362 g/mol. The third kappa shape index (κ3) is 4.73. The lowest BCUT2D eigenvalue weighted by molar-refractivity contribution is -0.118. The molecule has 27 heavy (non-hydrogen) atoms. The second kappa shape index (κ2) is 9.00. The molecule has 3 rings (SSSR count). The maximum absolute atomic E-state index is 12.1. The molecule has 0 fully saturated rings. The number of nitrogens with one attached hydrogen (secondary N) is 1. The van der Waals surface area contributed by atoms with Crippen LogP contribution in [0.2, 0.25) is 0 Å². The van der Waals surface area contributed by atoms with Crippen LogP contribution < -0.4 is 10.2 Å². The fourth-order valence-corrected chi connectivity index (χ4v) is 3.21. The first kappa shape index (κ1) is 18.7. The molecule has 0 spiro atoms. The van der Waals surface area contributed by atoms with Gasteiger partial charge in [0.05, 0.1) is 19.1 Å². The molecule has 8 heteroatoms. The lowest BCUT2D eigenvalue weighted by Crippen LogP contribution is -2.20. The van der Waals surface area contributed by atoms with Gasteiger partial charge in [0.1, 0.15) is 11.6 Å². The van der Waals surface area contributed by atoms with Gasteiger partial charge in [-0.05, 0) is 31.2 Å². The lowest BCUT2D eigenvalue weighted by atomic mass is 10.2. The van der Waals surface area contributed by atoms with Gasteiger partial charge in [0.2, 0.25) is 0 Å². The van der Waals surface area contributed by atoms with Crippen molar-refractivity contribution in [2.45, 2.75) is 12.1 Å². The van der Waals surface area contributed by atoms with E-state index < -0.39 is 0 Å². The predicted octanol–water partition coefficient (Wildman–Crippen LogP) is 2.83. The minimum absolute atomic E-state index is 0.175. The van der Waals surface area contributed by atoms with E-state index in [1.807, 2.05) is 66.1 Å². The molecule has 0 bridgehead atoms. The molecule has 2 aromatic carbocycles. The average Bonchev–Trinajstić information content (AvgIpc) is 3.08. The number of aryl methyl sites for hydroxylation is 1. The van der Waals surface area contributed by atoms with Crippen molar-refractivity contribution in [2.24, 2.45) is 5.10 Å². The van der Waals surface area contributed by atoms with Gasteiger partial charge in [-0.15, -0.1) is 10.2 Å². The standard InChI is InChI=1S/C19H19N5O2S/c1-14-21-23-19(24(14)16-9-4-3-5-10-16)27-13-18(25)22-20-12-15-8-6-7-11-17(15)26-2/h3-12H,13H2,1-2H3,(H,22,25)/b20-12+. The number of benzene rings is 2. The summed E-state index contributed by atoms with van der Waals surface area (Å²) < 4.78 is 7.15. The summed E-state index contributed by atoms with van der Waals surface area (Å²) in [6.07, 6.45) is 1.55. The molecule has 0 aliphatic rings. The molecular formula is C19H19N5O2S. The molecule has 0 aliphatic heterocycles. The number of hydrogen-bond acceptors (Lipinski definition) is 6. The van der Waals surface area contributed by atoms with Crippen LogP contribution in [-0.2, 0) is 4.79 Å². The number of amides is 1. The minimum Gasteiger partial charge on any atom is -0.496 e. The number of aromatic nitrogens is 3. The fraction of sp³-hybridized carbons (Fsp3) is 0.158. The monoisotopic (exact) mass is 381 g/mol. The van der Waals surface area contributed by atoms with Crippen molar-refractivity contribution >= 4 is 23.9 Å². The maximum atomic E-state index is 12.1. The molecule has 1 heterocycles. The van der Waals surface area contributed by atoms with Crippen LogP contribution >= 0.6 is 11.8 Å². The first-order valence-electron chi connectivity index (χ1n) is 8.24. The van der Waals surface area contributed by atoms with E-state index in [1.165, 1.54) is 11.8 Å². The number of carbonyl (C=O) groups is 1. The van der Waals surface area contributed by atoms with Gasteiger partial charge in [-0.1, -0.05) is 42.1 Å². The van der Waals surface area contributed by atoms with Crippen LogP contribution in [0.15, 0.2) is 64.9 Å². The molecule has 1 N–H and O–H groups in total. The van der Waals surface area contributed by atoms with Gasteiger partial charge in [0.15, 0.2) is 5.16 Å². The Labute approximate surface area is 161 Å². The number of ether oxygens (including phenoxy) is 1. The Morgan fingerprint density at radius 2 is 1.93 bits per heavy atom. The van der Waals surface area contributed by atoms with Crippen molar-refractivity contribution < 1.29 is 9.53 Å². The van der Waals surface area contributed by atoms with E-state index in [-0.39, 0.29) is 11.7 Å². The third-order valence-electron chi connectivity index (χ3n) is 3.67. The quantitative estimate of drug-likeness (QED) is 0.387. The Morgan fingerprint density at radius 1 is 1.19 bits per heavy atom. The van der Waals surface area contributed by atoms with Crippen LogP contribution in [0.5, 0.6) is 5.75 Å². The number of thioether (sulfide) groups is 1. The van der Waals surface area contributed by atoms with Gasteiger partial charge < -0.3 is 4.74 Å². The van der Waals surface area contributed by atoms with E-state index in [1.54, 1.807) is 13.3 Å². The number of hydrazone groups is 1. The number of methoxy groups -OCH3 is 1. The number of carbonyl (C=O) groups excluding carboxylic acids is 1. The van der Waals surface area contributed by atoms with Crippen molar-refractivity contribution in [2.75, 3.05) is 12.9 Å². The first-order valence-corrected chi connectivity index (χ1v) is 9.22. The van der Waals surface area contributed by atoms with Crippen LogP contribution in [-0.4, -0.2) is 39.7 Å². The van der Waals surface area contributed by atoms with Crippen LogP contribution in [0, 0.1) is 6.92 Å². The summed E-state index contributed by atoms with van der Waals surface area (Å²) >= 11 is 1.30. The zero-order valence-electron chi connectivity index (χ0n) is 15.0. The smallest absolute Gasteiger partial charge is 0.250 e. The molecule has 7 nitrogen and oxygen atoms in total. The van der Waals surface area contributed by atoms with Gasteiger partial charge in [0.25, 0.3) is 5.91 Å². The molecule has 0 radical (unpaired) electrons. The van der Waals surface area contributed by atoms with E-state index in [0.717, 1.165) is 17.1 Å². The van der Waals surface area contributed by atoms with Crippen molar-refractivity contribution in [3.05, 3.63) is 66.0 Å². The van der Waals surface area contributed by atoms with Crippen LogP contribution in [0.3, 0.4) is 0 Å². The van der Waals surface area contributed by atoms with Crippen molar-refractivity contribution in [1.82, 2.24) is 20.2 Å². The topological polar surface area (TPSA) is 81.4 Å². The SMILES string of the molecule is COc1ccccc1/C=N/NC(=O)CSc1nnc(C)n1-c1ccccc1. The van der Waals surface area contributed by atoms with Crippen molar-refractivity contribution in [3.63, 3.8) is 0 Å². The van der Waals surface area contributed by atoms with Gasteiger partial charge in [-0.2, -0.15) is 5.10 Å². The van der Waals surface area contributed by atoms with Gasteiger partial charge in [-0.3, -0.25) is 9.36 Å². The zero-order chi connectivity index (χ0) is 19.1. The maximum Gasteiger partial charge on any atom is 0.250 e. The molecule has 0 atom stereocenters. The van der Waals surface area contributed by atoms with Crippen LogP contribution in [0.4, 0.5) is 0 Å². The summed E-state index contributed by atoms with van der Waals surface area (Å²) in [5.41, 5.74) is 4.26. The van der Waals surface area contributed by atoms with Gasteiger partial charge in [0, 0.05) is 11.3 Å². The first-order chi connectivity index (χ1) is 13.2. The normalized spacial score (nSPS) is 10.9. The van der Waals surface area contributed by atoms with Crippen LogP contribution in [0.25, 0.3) is 5.69 Å². The van der Waals surface area contributed by atoms with E-state index in [2.05, 4.69) is 20.7 Å². The largest absolute Gasteiger partial charge is 0.496 e. The second-order valence-electron chi connectivity index (χ2n) is 5.52. The average molecular weight is 381 g/mol. The van der Waals surface area contributed by atoms with Gasteiger partial charge >= 0.3 is 0 Å². The van der Waals surface area contributed by atoms with E-state index in [9.17, 15) is 4.79 Å². The zero-order valence-corrected chi connectivity index (χ0v) is 15.8. The summed E-state index contributed by atoms with van der Waals surface area (Å²) in [4.78, 5) is 12.1. The number of hydrogen-bond donors (Lipinski definition) is 1. The molecule has 0 aliphatic carbocycles.